The lowest BCUT2D eigenvalue weighted by Gasteiger charge is -2.51. The molecule has 0 radical (unpaired) electrons. The molecule has 1 fully saturated rings. The van der Waals surface area contributed by atoms with Crippen LogP contribution >= 0.6 is 11.6 Å². The molecular formula is C39H48ClN3O6S. The molecule has 3 N–H and O–H groups in total. The zero-order valence-electron chi connectivity index (χ0n) is 28.9. The first-order chi connectivity index (χ1) is 24.0. The summed E-state index contributed by atoms with van der Waals surface area (Å²) >= 11 is 6.36. The molecule has 2 aliphatic heterocycles. The van der Waals surface area contributed by atoms with Crippen LogP contribution in [0.25, 0.3) is 0 Å². The van der Waals surface area contributed by atoms with Crippen LogP contribution < -0.4 is 19.7 Å². The fourth-order valence-electron chi connectivity index (χ4n) is 7.90. The Morgan fingerprint density at radius 3 is 2.56 bits per heavy atom. The number of aryl methyl sites for hydroxylation is 1. The molecule has 0 spiro atoms. The maximum Gasteiger partial charge on any atom is 0.264 e. The molecule has 2 heterocycles. The van der Waals surface area contributed by atoms with Crippen molar-refractivity contribution in [3.05, 3.63) is 94.0 Å². The van der Waals surface area contributed by atoms with Crippen molar-refractivity contribution in [3.63, 3.8) is 0 Å². The number of sulfonamides is 1. The number of carbonyl (C=O) groups excluding carboxylic acids is 2. The zero-order chi connectivity index (χ0) is 35.5. The van der Waals surface area contributed by atoms with E-state index in [1.807, 2.05) is 43.3 Å². The normalized spacial score (nSPS) is 27.2. The number of carbonyl (C=O) groups is 2. The summed E-state index contributed by atoms with van der Waals surface area (Å²) in [6.07, 6.45) is 6.03. The molecule has 0 unspecified atom stereocenters. The van der Waals surface area contributed by atoms with Gasteiger partial charge in [0.15, 0.2) is 0 Å². The Kier molecular flexibility index (Phi) is 11.1. The lowest BCUT2D eigenvalue weighted by molar-refractivity contribution is 0.00750. The predicted octanol–water partition coefficient (Wildman–Crippen LogP) is 6.52. The number of fused-ring (bicyclic) bond motifs is 3. The Hall–Kier alpha value is -3.60. The van der Waals surface area contributed by atoms with Gasteiger partial charge in [0.1, 0.15) is 12.4 Å². The Balaban J connectivity index is 1.40. The van der Waals surface area contributed by atoms with Gasteiger partial charge in [0.25, 0.3) is 11.8 Å². The highest BCUT2D eigenvalue weighted by atomic mass is 35.5. The number of amides is 2. The first-order valence-electron chi connectivity index (χ1n) is 17.8. The van der Waals surface area contributed by atoms with Crippen LogP contribution in [-0.4, -0.2) is 55.8 Å². The van der Waals surface area contributed by atoms with E-state index < -0.39 is 26.7 Å². The number of halogens is 1. The first kappa shape index (κ1) is 36.2. The number of anilines is 1. The van der Waals surface area contributed by atoms with E-state index in [0.717, 1.165) is 48.9 Å². The van der Waals surface area contributed by atoms with Crippen LogP contribution in [0.5, 0.6) is 5.75 Å². The number of rotatable bonds is 3. The molecule has 0 saturated heterocycles. The standard InChI is InChI=1S/C39H48ClN3O6S/c1-26-9-8-19-39(25-44,41-37(45)28-10-4-3-5-11-28)34-17-14-31(34)23-43-20-7-6-12-29-21-33(40)16-13-32(29)24-49-36-18-15-30(22-35(36)43)38(46)42-50(47,48)27(26)2/h3-5,10-11,13,15-16,18,21-22,26-27,31,34,44H,6-9,12,14,17,19-20,23-25H2,1-2H3,(H,41,45)(H,42,46)/t26-,27+,31-,34+,39-/m0/s1. The number of aliphatic hydroxyl groups is 1. The molecule has 2 amide bonds. The molecule has 0 aromatic heterocycles. The number of benzene rings is 3. The third-order valence-electron chi connectivity index (χ3n) is 11.3. The summed E-state index contributed by atoms with van der Waals surface area (Å²) < 4.78 is 35.8. The van der Waals surface area contributed by atoms with Crippen molar-refractivity contribution in [1.82, 2.24) is 10.0 Å². The topological polar surface area (TPSA) is 125 Å². The number of aliphatic hydroxyl groups excluding tert-OH is 1. The fourth-order valence-corrected chi connectivity index (χ4v) is 9.41. The molecule has 3 aliphatic rings. The monoisotopic (exact) mass is 721 g/mol. The van der Waals surface area contributed by atoms with Gasteiger partial charge in [0.2, 0.25) is 10.0 Å². The van der Waals surface area contributed by atoms with Crippen LogP contribution in [0, 0.1) is 17.8 Å². The van der Waals surface area contributed by atoms with Crippen LogP contribution in [0.3, 0.4) is 0 Å². The number of ether oxygens (including phenoxy) is 1. The van der Waals surface area contributed by atoms with E-state index >= 15 is 0 Å². The summed E-state index contributed by atoms with van der Waals surface area (Å²) in [6, 6.07) is 20.0. The lowest BCUT2D eigenvalue weighted by atomic mass is 9.61. The minimum absolute atomic E-state index is 0.00930. The number of hydrogen-bond donors (Lipinski definition) is 3. The molecule has 9 nitrogen and oxygen atoms in total. The van der Waals surface area contributed by atoms with E-state index in [1.54, 1.807) is 37.3 Å². The van der Waals surface area contributed by atoms with Crippen LogP contribution in [0.2, 0.25) is 5.02 Å². The third kappa shape index (κ3) is 7.82. The minimum Gasteiger partial charge on any atom is -0.487 e. The molecule has 50 heavy (non-hydrogen) atoms. The van der Waals surface area contributed by atoms with Crippen molar-refractivity contribution < 1.29 is 27.9 Å². The molecule has 1 aliphatic carbocycles. The van der Waals surface area contributed by atoms with E-state index in [1.165, 1.54) is 0 Å². The van der Waals surface area contributed by atoms with Crippen molar-refractivity contribution in [2.75, 3.05) is 24.6 Å². The summed E-state index contributed by atoms with van der Waals surface area (Å²) in [5.74, 6) is -0.445. The number of nitrogens with one attached hydrogen (secondary N) is 2. The van der Waals surface area contributed by atoms with Crippen LogP contribution in [-0.2, 0) is 23.1 Å². The van der Waals surface area contributed by atoms with Gasteiger partial charge in [0, 0.05) is 29.2 Å². The van der Waals surface area contributed by atoms with E-state index in [2.05, 4.69) is 14.9 Å². The summed E-state index contributed by atoms with van der Waals surface area (Å²) in [5, 5.41) is 14.3. The molecule has 3 aromatic rings. The predicted molar refractivity (Wildman–Crippen MR) is 196 cm³/mol. The van der Waals surface area contributed by atoms with E-state index in [0.29, 0.717) is 55.3 Å². The molecule has 268 valence electrons. The highest BCUT2D eigenvalue weighted by molar-refractivity contribution is 7.90. The Bertz CT molecular complexity index is 1800. The number of hydrogen-bond acceptors (Lipinski definition) is 7. The SMILES string of the molecule is C[C@@H]1[C@@H](C)CCC[C@@](CO)(NC(=O)c2ccccc2)[C@@H]2CC[C@H]2CN2CCCCc3cc(Cl)ccc3COc3ccc(cc32)C(=O)NS1(=O)=O. The van der Waals surface area contributed by atoms with Gasteiger partial charge >= 0.3 is 0 Å². The average molecular weight is 722 g/mol. The highest BCUT2D eigenvalue weighted by Crippen LogP contribution is 2.46. The van der Waals surface area contributed by atoms with Crippen molar-refractivity contribution >= 4 is 39.1 Å². The Morgan fingerprint density at radius 1 is 1.02 bits per heavy atom. The van der Waals surface area contributed by atoms with Gasteiger partial charge in [-0.25, -0.2) is 13.1 Å². The summed E-state index contributed by atoms with van der Waals surface area (Å²) in [5.41, 5.74) is 2.78. The molecular weight excluding hydrogens is 674 g/mol. The molecule has 1 saturated carbocycles. The number of nitrogens with zero attached hydrogens (tertiary/aromatic N) is 1. The van der Waals surface area contributed by atoms with Crippen molar-refractivity contribution in [1.29, 1.82) is 0 Å². The van der Waals surface area contributed by atoms with Gasteiger partial charge in [-0.2, -0.15) is 0 Å². The van der Waals surface area contributed by atoms with Gasteiger partial charge in [-0.3, -0.25) is 9.59 Å². The van der Waals surface area contributed by atoms with Gasteiger partial charge < -0.3 is 20.1 Å². The lowest BCUT2D eigenvalue weighted by Crippen LogP contribution is -2.62. The summed E-state index contributed by atoms with van der Waals surface area (Å²) in [4.78, 5) is 29.4. The zero-order valence-corrected chi connectivity index (χ0v) is 30.4. The van der Waals surface area contributed by atoms with Gasteiger partial charge in [-0.1, -0.05) is 49.2 Å². The maximum absolute atomic E-state index is 13.7. The minimum atomic E-state index is -4.01. The van der Waals surface area contributed by atoms with Crippen molar-refractivity contribution in [3.8, 4) is 5.75 Å². The first-order valence-corrected chi connectivity index (χ1v) is 19.8. The Labute approximate surface area is 300 Å². The molecule has 2 bridgehead atoms. The van der Waals surface area contributed by atoms with E-state index in [-0.39, 0.29) is 35.8 Å². The van der Waals surface area contributed by atoms with Crippen molar-refractivity contribution in [2.45, 2.75) is 82.6 Å². The van der Waals surface area contributed by atoms with Crippen LogP contribution in [0.15, 0.2) is 66.7 Å². The second-order valence-corrected chi connectivity index (χ2v) is 16.9. The maximum atomic E-state index is 13.7. The van der Waals surface area contributed by atoms with E-state index in [9.17, 15) is 23.1 Å². The second kappa shape index (κ2) is 15.3. The fraction of sp³-hybridized carbons (Fsp3) is 0.487. The van der Waals surface area contributed by atoms with Gasteiger partial charge in [-0.05, 0) is 123 Å². The van der Waals surface area contributed by atoms with Crippen molar-refractivity contribution in [2.24, 2.45) is 17.8 Å². The van der Waals surface area contributed by atoms with E-state index in [4.69, 9.17) is 16.3 Å². The highest BCUT2D eigenvalue weighted by Gasteiger charge is 2.48. The van der Waals surface area contributed by atoms with Crippen LogP contribution in [0.1, 0.15) is 90.6 Å². The largest absolute Gasteiger partial charge is 0.487 e. The quantitative estimate of drug-likeness (QED) is 0.282. The second-order valence-electron chi connectivity index (χ2n) is 14.4. The average Bonchev–Trinajstić information content (AvgIpc) is 3.12. The van der Waals surface area contributed by atoms with Gasteiger partial charge in [-0.15, -0.1) is 0 Å². The molecule has 11 heteroatoms. The Morgan fingerprint density at radius 2 is 1.82 bits per heavy atom. The van der Waals surface area contributed by atoms with Crippen LogP contribution in [0.4, 0.5) is 5.69 Å². The molecule has 5 atom stereocenters. The summed E-state index contributed by atoms with van der Waals surface area (Å²) in [6.45, 7) is 4.88. The molecule has 3 aromatic carbocycles. The summed E-state index contributed by atoms with van der Waals surface area (Å²) in [7, 11) is -4.01. The smallest absolute Gasteiger partial charge is 0.264 e. The third-order valence-corrected chi connectivity index (χ3v) is 13.5. The van der Waals surface area contributed by atoms with Gasteiger partial charge in [0.05, 0.1) is 23.1 Å². The molecule has 6 rings (SSSR count).